The molecule has 2 heterocycles. The fraction of sp³-hybridized carbons (Fsp3) is 0.692. The third kappa shape index (κ3) is 2.66. The lowest BCUT2D eigenvalue weighted by atomic mass is 10.1. The Morgan fingerprint density at radius 2 is 2.50 bits per heavy atom. The molecule has 2 rings (SSSR count). The minimum absolute atomic E-state index is 0.00695. The molecule has 1 fully saturated rings. The summed E-state index contributed by atoms with van der Waals surface area (Å²) >= 11 is 0. The molecule has 5 nitrogen and oxygen atoms in total. The molecule has 18 heavy (non-hydrogen) atoms. The summed E-state index contributed by atoms with van der Waals surface area (Å²) in [7, 11) is 0. The van der Waals surface area contributed by atoms with Gasteiger partial charge < -0.3 is 14.7 Å². The van der Waals surface area contributed by atoms with Crippen molar-refractivity contribution in [3.05, 3.63) is 17.5 Å². The molecule has 0 radical (unpaired) electrons. The number of amides is 2. The quantitative estimate of drug-likeness (QED) is 0.898. The van der Waals surface area contributed by atoms with Gasteiger partial charge in [0.25, 0.3) is 0 Å². The molecular formula is C13H21N3O2. The zero-order valence-electron chi connectivity index (χ0n) is 11.3. The fourth-order valence-corrected chi connectivity index (χ4v) is 2.26. The van der Waals surface area contributed by atoms with E-state index in [1.165, 1.54) is 0 Å². The highest BCUT2D eigenvalue weighted by Crippen LogP contribution is 2.31. The van der Waals surface area contributed by atoms with Crippen molar-refractivity contribution in [1.82, 2.24) is 15.4 Å². The Labute approximate surface area is 108 Å². The van der Waals surface area contributed by atoms with Gasteiger partial charge in [0.05, 0.1) is 6.04 Å². The molecule has 0 aromatic carbocycles. The van der Waals surface area contributed by atoms with Crippen LogP contribution in [0.15, 0.2) is 10.6 Å². The average molecular weight is 251 g/mol. The highest BCUT2D eigenvalue weighted by Gasteiger charge is 2.32. The van der Waals surface area contributed by atoms with E-state index in [1.54, 1.807) is 0 Å². The number of aromatic nitrogens is 1. The van der Waals surface area contributed by atoms with E-state index in [9.17, 15) is 4.79 Å². The van der Waals surface area contributed by atoms with Crippen LogP contribution in [0.4, 0.5) is 4.79 Å². The lowest BCUT2D eigenvalue weighted by Gasteiger charge is -2.25. The van der Waals surface area contributed by atoms with Gasteiger partial charge >= 0.3 is 6.03 Å². The van der Waals surface area contributed by atoms with Crippen molar-refractivity contribution in [3.8, 4) is 0 Å². The molecule has 1 N–H and O–H groups in total. The molecular weight excluding hydrogens is 230 g/mol. The molecule has 0 saturated carbocycles. The summed E-state index contributed by atoms with van der Waals surface area (Å²) in [4.78, 5) is 14.0. The van der Waals surface area contributed by atoms with Gasteiger partial charge in [-0.25, -0.2) is 4.79 Å². The molecule has 100 valence electrons. The first-order chi connectivity index (χ1) is 8.61. The molecule has 1 saturated heterocycles. The van der Waals surface area contributed by atoms with Gasteiger partial charge in [-0.3, -0.25) is 0 Å². The van der Waals surface area contributed by atoms with Crippen LogP contribution in [0.5, 0.6) is 0 Å². The van der Waals surface area contributed by atoms with E-state index in [0.29, 0.717) is 0 Å². The predicted molar refractivity (Wildman–Crippen MR) is 68.2 cm³/mol. The lowest BCUT2D eigenvalue weighted by Crippen LogP contribution is -2.43. The van der Waals surface area contributed by atoms with Gasteiger partial charge in [0, 0.05) is 18.7 Å². The number of carbonyl (C=O) groups is 1. The summed E-state index contributed by atoms with van der Waals surface area (Å²) in [5.74, 6) is 0.791. The summed E-state index contributed by atoms with van der Waals surface area (Å²) in [6.07, 6.45) is 2.91. The van der Waals surface area contributed by atoms with Gasteiger partial charge in [-0.2, -0.15) is 0 Å². The zero-order valence-corrected chi connectivity index (χ0v) is 11.3. The van der Waals surface area contributed by atoms with Crippen LogP contribution < -0.4 is 5.32 Å². The maximum Gasteiger partial charge on any atom is 0.318 e. The van der Waals surface area contributed by atoms with E-state index in [4.69, 9.17) is 4.52 Å². The Morgan fingerprint density at radius 1 is 1.72 bits per heavy atom. The van der Waals surface area contributed by atoms with E-state index >= 15 is 0 Å². The van der Waals surface area contributed by atoms with Gasteiger partial charge in [0.15, 0.2) is 0 Å². The third-order valence-corrected chi connectivity index (χ3v) is 3.48. The van der Waals surface area contributed by atoms with Crippen molar-refractivity contribution in [2.45, 2.75) is 52.1 Å². The number of urea groups is 1. The van der Waals surface area contributed by atoms with Gasteiger partial charge in [0.1, 0.15) is 11.5 Å². The average Bonchev–Trinajstić information content (AvgIpc) is 2.96. The van der Waals surface area contributed by atoms with Crippen LogP contribution in [0.3, 0.4) is 0 Å². The Kier molecular flexibility index (Phi) is 3.89. The number of rotatable bonds is 3. The Hall–Kier alpha value is -1.52. The van der Waals surface area contributed by atoms with Crippen molar-refractivity contribution >= 4 is 6.03 Å². The molecule has 5 heteroatoms. The van der Waals surface area contributed by atoms with E-state index < -0.39 is 0 Å². The van der Waals surface area contributed by atoms with Gasteiger partial charge in [-0.1, -0.05) is 12.1 Å². The van der Waals surface area contributed by atoms with Crippen molar-refractivity contribution in [2.75, 3.05) is 6.54 Å². The van der Waals surface area contributed by atoms with Crippen molar-refractivity contribution in [2.24, 2.45) is 0 Å². The molecule has 0 spiro atoms. The molecule has 1 aromatic rings. The first-order valence-corrected chi connectivity index (χ1v) is 6.62. The van der Waals surface area contributed by atoms with Crippen LogP contribution in [0.25, 0.3) is 0 Å². The summed E-state index contributed by atoms with van der Waals surface area (Å²) in [6, 6.07) is 2.19. The predicted octanol–water partition coefficient (Wildman–Crippen LogP) is 2.63. The molecule has 0 aliphatic carbocycles. The van der Waals surface area contributed by atoms with E-state index in [1.807, 2.05) is 24.8 Å². The standard InChI is InChI=1S/C13H21N3O2/c1-4-9(2)14-13(17)16-7-5-6-12(16)11-8-10(3)18-15-11/h8-9,12H,4-7H2,1-3H3,(H,14,17)/t9-,12-/m1/s1. The monoisotopic (exact) mass is 251 g/mol. The molecule has 0 unspecified atom stereocenters. The number of carbonyl (C=O) groups excluding carboxylic acids is 1. The van der Waals surface area contributed by atoms with Gasteiger partial charge in [-0.15, -0.1) is 0 Å². The second-order valence-electron chi connectivity index (χ2n) is 4.97. The maximum absolute atomic E-state index is 12.2. The number of hydrogen-bond donors (Lipinski definition) is 1. The summed E-state index contributed by atoms with van der Waals surface area (Å²) in [5, 5.41) is 7.04. The SMILES string of the molecule is CC[C@@H](C)NC(=O)N1CCC[C@@H]1c1cc(C)on1. The molecule has 1 aliphatic rings. The molecule has 0 bridgehead atoms. The van der Waals surface area contributed by atoms with Crippen LogP contribution in [0, 0.1) is 6.92 Å². The minimum Gasteiger partial charge on any atom is -0.361 e. The number of nitrogens with one attached hydrogen (secondary N) is 1. The second kappa shape index (κ2) is 5.42. The fourth-order valence-electron chi connectivity index (χ4n) is 2.26. The summed E-state index contributed by atoms with van der Waals surface area (Å²) in [6.45, 7) is 6.74. The minimum atomic E-state index is 0.00695. The van der Waals surface area contributed by atoms with Crippen molar-refractivity contribution in [1.29, 1.82) is 0 Å². The van der Waals surface area contributed by atoms with Crippen LogP contribution in [0.1, 0.15) is 50.6 Å². The van der Waals surface area contributed by atoms with Crippen molar-refractivity contribution < 1.29 is 9.32 Å². The maximum atomic E-state index is 12.2. The Morgan fingerprint density at radius 3 is 3.11 bits per heavy atom. The highest BCUT2D eigenvalue weighted by atomic mass is 16.5. The third-order valence-electron chi connectivity index (χ3n) is 3.48. The van der Waals surface area contributed by atoms with E-state index in [2.05, 4.69) is 17.4 Å². The van der Waals surface area contributed by atoms with Gasteiger partial charge in [-0.05, 0) is 33.1 Å². The smallest absolute Gasteiger partial charge is 0.318 e. The summed E-state index contributed by atoms with van der Waals surface area (Å²) < 4.78 is 5.10. The number of aryl methyl sites for hydroxylation is 1. The largest absolute Gasteiger partial charge is 0.361 e. The summed E-state index contributed by atoms with van der Waals surface area (Å²) in [5.41, 5.74) is 0.865. The first kappa shape index (κ1) is 12.9. The highest BCUT2D eigenvalue weighted by molar-refractivity contribution is 5.75. The molecule has 1 aromatic heterocycles. The second-order valence-corrected chi connectivity index (χ2v) is 4.97. The van der Waals surface area contributed by atoms with Gasteiger partial charge in [0.2, 0.25) is 0 Å². The molecule has 2 atom stereocenters. The zero-order chi connectivity index (χ0) is 13.1. The topological polar surface area (TPSA) is 58.4 Å². The number of nitrogens with zero attached hydrogens (tertiary/aromatic N) is 2. The normalized spacial score (nSPS) is 21.1. The Balaban J connectivity index is 2.05. The lowest BCUT2D eigenvalue weighted by molar-refractivity contribution is 0.187. The first-order valence-electron chi connectivity index (χ1n) is 6.62. The van der Waals surface area contributed by atoms with Crippen molar-refractivity contribution in [3.63, 3.8) is 0 Å². The number of hydrogen-bond acceptors (Lipinski definition) is 3. The van der Waals surface area contributed by atoms with Crippen LogP contribution in [-0.4, -0.2) is 28.7 Å². The van der Waals surface area contributed by atoms with Crippen LogP contribution in [0.2, 0.25) is 0 Å². The molecule has 1 aliphatic heterocycles. The molecule has 2 amide bonds. The van der Waals surface area contributed by atoms with E-state index in [-0.39, 0.29) is 18.1 Å². The van der Waals surface area contributed by atoms with Crippen LogP contribution >= 0.6 is 0 Å². The van der Waals surface area contributed by atoms with E-state index in [0.717, 1.165) is 37.3 Å². The Bertz CT molecular complexity index is 416. The number of likely N-dealkylation sites (tertiary alicyclic amines) is 1. The van der Waals surface area contributed by atoms with Crippen LogP contribution in [-0.2, 0) is 0 Å².